The van der Waals surface area contributed by atoms with Crippen molar-refractivity contribution in [1.82, 2.24) is 4.98 Å². The van der Waals surface area contributed by atoms with Crippen molar-refractivity contribution >= 4 is 27.8 Å². The predicted molar refractivity (Wildman–Crippen MR) is 93.4 cm³/mol. The summed E-state index contributed by atoms with van der Waals surface area (Å²) in [6.07, 6.45) is 3.26. The molecule has 3 aromatic rings. The third kappa shape index (κ3) is 3.09. The fourth-order valence-corrected chi connectivity index (χ4v) is 2.69. The van der Waals surface area contributed by atoms with Crippen molar-refractivity contribution in [3.63, 3.8) is 0 Å². The van der Waals surface area contributed by atoms with Crippen molar-refractivity contribution in [3.05, 3.63) is 65.0 Å². The standard InChI is InChI=1S/C18H15N3O4/c22-21(23)18-6-5-17(15-7-8-19-9-16(15)18)20-12-1-3-13(4-2-12)25-14-10-24-11-14/h1-9,14,20H,10-11H2. The Balaban J connectivity index is 1.60. The fourth-order valence-electron chi connectivity index (χ4n) is 2.69. The van der Waals surface area contributed by atoms with Crippen LogP contribution in [-0.2, 0) is 4.74 Å². The zero-order chi connectivity index (χ0) is 17.2. The molecule has 1 aliphatic heterocycles. The van der Waals surface area contributed by atoms with Gasteiger partial charge in [0.15, 0.2) is 0 Å². The first-order valence-electron chi connectivity index (χ1n) is 7.83. The lowest BCUT2D eigenvalue weighted by Crippen LogP contribution is -2.38. The molecule has 0 spiro atoms. The molecule has 7 heteroatoms. The number of nitro benzene ring substituents is 1. The summed E-state index contributed by atoms with van der Waals surface area (Å²) in [5.41, 5.74) is 1.69. The third-order valence-electron chi connectivity index (χ3n) is 4.04. The minimum atomic E-state index is -0.399. The average molecular weight is 337 g/mol. The molecule has 0 saturated carbocycles. The molecule has 1 fully saturated rings. The smallest absolute Gasteiger partial charge is 0.278 e. The Kier molecular flexibility index (Phi) is 3.91. The Morgan fingerprint density at radius 1 is 1.12 bits per heavy atom. The first kappa shape index (κ1) is 15.3. The molecule has 0 bridgehead atoms. The molecule has 4 rings (SSSR count). The van der Waals surface area contributed by atoms with Gasteiger partial charge in [0.2, 0.25) is 0 Å². The van der Waals surface area contributed by atoms with Crippen LogP contribution < -0.4 is 10.1 Å². The maximum atomic E-state index is 11.2. The molecule has 0 atom stereocenters. The number of hydrogen-bond acceptors (Lipinski definition) is 6. The van der Waals surface area contributed by atoms with Crippen molar-refractivity contribution < 1.29 is 14.4 Å². The van der Waals surface area contributed by atoms with Gasteiger partial charge in [0, 0.05) is 35.2 Å². The van der Waals surface area contributed by atoms with Gasteiger partial charge in [-0.25, -0.2) is 0 Å². The molecular formula is C18H15N3O4. The molecule has 1 N–H and O–H groups in total. The number of nitrogens with zero attached hydrogens (tertiary/aromatic N) is 2. The Morgan fingerprint density at radius 2 is 1.92 bits per heavy atom. The number of fused-ring (bicyclic) bond motifs is 1. The number of nitro groups is 1. The van der Waals surface area contributed by atoms with E-state index in [4.69, 9.17) is 9.47 Å². The number of non-ortho nitro benzene ring substituents is 1. The molecule has 126 valence electrons. The van der Waals surface area contributed by atoms with Gasteiger partial charge in [-0.2, -0.15) is 0 Å². The Hall–Kier alpha value is -3.19. The van der Waals surface area contributed by atoms with E-state index in [9.17, 15) is 10.1 Å². The summed E-state index contributed by atoms with van der Waals surface area (Å²) in [6.45, 7) is 1.26. The first-order chi connectivity index (χ1) is 12.2. The monoisotopic (exact) mass is 337 g/mol. The molecule has 2 heterocycles. The molecule has 0 unspecified atom stereocenters. The second kappa shape index (κ2) is 6.37. The average Bonchev–Trinajstić information content (AvgIpc) is 2.59. The van der Waals surface area contributed by atoms with Crippen molar-refractivity contribution in [2.75, 3.05) is 18.5 Å². The van der Waals surface area contributed by atoms with E-state index in [0.717, 1.165) is 22.5 Å². The molecule has 0 aliphatic carbocycles. The van der Waals surface area contributed by atoms with Gasteiger partial charge in [-0.15, -0.1) is 0 Å². The SMILES string of the molecule is O=[N+]([O-])c1ccc(Nc2ccc(OC3COC3)cc2)c2ccncc12. The molecule has 7 nitrogen and oxygen atoms in total. The van der Waals surface area contributed by atoms with Crippen LogP contribution in [0.25, 0.3) is 10.8 Å². The highest BCUT2D eigenvalue weighted by molar-refractivity contribution is 6.00. The van der Waals surface area contributed by atoms with Crippen LogP contribution in [0.3, 0.4) is 0 Å². The third-order valence-corrected chi connectivity index (χ3v) is 4.04. The van der Waals surface area contributed by atoms with Gasteiger partial charge in [0.25, 0.3) is 5.69 Å². The number of nitrogens with one attached hydrogen (secondary N) is 1. The predicted octanol–water partition coefficient (Wildman–Crippen LogP) is 3.66. The van der Waals surface area contributed by atoms with Gasteiger partial charge in [-0.1, -0.05) is 0 Å². The lowest BCUT2D eigenvalue weighted by atomic mass is 10.1. The summed E-state index contributed by atoms with van der Waals surface area (Å²) < 4.78 is 10.8. The highest BCUT2D eigenvalue weighted by atomic mass is 16.6. The molecule has 1 saturated heterocycles. The molecule has 25 heavy (non-hydrogen) atoms. The van der Waals surface area contributed by atoms with Crippen molar-refractivity contribution in [2.24, 2.45) is 0 Å². The van der Waals surface area contributed by atoms with Gasteiger partial charge in [-0.05, 0) is 36.4 Å². The summed E-state index contributed by atoms with van der Waals surface area (Å²) >= 11 is 0. The van der Waals surface area contributed by atoms with Crippen LogP contribution in [0.5, 0.6) is 5.75 Å². The van der Waals surface area contributed by atoms with E-state index < -0.39 is 4.92 Å². The van der Waals surface area contributed by atoms with E-state index in [1.54, 1.807) is 18.3 Å². The van der Waals surface area contributed by atoms with Crippen LogP contribution in [0.4, 0.5) is 17.1 Å². The zero-order valence-corrected chi connectivity index (χ0v) is 13.2. The van der Waals surface area contributed by atoms with Crippen molar-refractivity contribution in [2.45, 2.75) is 6.10 Å². The molecule has 0 radical (unpaired) electrons. The van der Waals surface area contributed by atoms with Crippen LogP contribution in [-0.4, -0.2) is 29.2 Å². The second-order valence-corrected chi connectivity index (χ2v) is 5.74. The summed E-state index contributed by atoms with van der Waals surface area (Å²) in [4.78, 5) is 14.8. The van der Waals surface area contributed by atoms with Crippen LogP contribution in [0.1, 0.15) is 0 Å². The maximum absolute atomic E-state index is 11.2. The summed E-state index contributed by atoms with van der Waals surface area (Å²) in [5, 5.41) is 15.7. The Morgan fingerprint density at radius 3 is 2.60 bits per heavy atom. The van der Waals surface area contributed by atoms with Crippen LogP contribution in [0.2, 0.25) is 0 Å². The van der Waals surface area contributed by atoms with Gasteiger partial charge >= 0.3 is 0 Å². The number of rotatable bonds is 5. The fraction of sp³-hybridized carbons (Fsp3) is 0.167. The van der Waals surface area contributed by atoms with Gasteiger partial charge in [-0.3, -0.25) is 15.1 Å². The summed E-state index contributed by atoms with van der Waals surface area (Å²) in [6, 6.07) is 12.5. The molecule has 0 amide bonds. The number of pyridine rings is 1. The van der Waals surface area contributed by atoms with Crippen molar-refractivity contribution in [3.8, 4) is 5.75 Å². The minimum Gasteiger partial charge on any atom is -0.486 e. The summed E-state index contributed by atoms with van der Waals surface area (Å²) in [5.74, 6) is 0.789. The number of benzene rings is 2. The second-order valence-electron chi connectivity index (χ2n) is 5.74. The minimum absolute atomic E-state index is 0.0418. The lowest BCUT2D eigenvalue weighted by Gasteiger charge is -2.26. The number of aromatic nitrogens is 1. The van der Waals surface area contributed by atoms with Gasteiger partial charge in [0.1, 0.15) is 11.9 Å². The van der Waals surface area contributed by atoms with E-state index in [-0.39, 0.29) is 11.8 Å². The van der Waals surface area contributed by atoms with Crippen molar-refractivity contribution in [1.29, 1.82) is 0 Å². The molecule has 1 aromatic heterocycles. The van der Waals surface area contributed by atoms with E-state index >= 15 is 0 Å². The molecule has 1 aliphatic rings. The highest BCUT2D eigenvalue weighted by Gasteiger charge is 2.20. The van der Waals surface area contributed by atoms with Crippen LogP contribution in [0, 0.1) is 10.1 Å². The van der Waals surface area contributed by atoms with E-state index in [2.05, 4.69) is 10.3 Å². The zero-order valence-electron chi connectivity index (χ0n) is 13.2. The maximum Gasteiger partial charge on any atom is 0.278 e. The van der Waals surface area contributed by atoms with E-state index in [0.29, 0.717) is 18.6 Å². The van der Waals surface area contributed by atoms with Gasteiger partial charge in [0.05, 0.1) is 23.5 Å². The first-order valence-corrected chi connectivity index (χ1v) is 7.83. The number of hydrogen-bond donors (Lipinski definition) is 1. The summed E-state index contributed by atoms with van der Waals surface area (Å²) in [7, 11) is 0. The normalized spacial score (nSPS) is 14.1. The Labute approximate surface area is 143 Å². The molecular weight excluding hydrogens is 322 g/mol. The number of ether oxygens (including phenoxy) is 2. The highest BCUT2D eigenvalue weighted by Crippen LogP contribution is 2.32. The van der Waals surface area contributed by atoms with Gasteiger partial charge < -0.3 is 14.8 Å². The largest absolute Gasteiger partial charge is 0.486 e. The number of anilines is 2. The van der Waals surface area contributed by atoms with E-state index in [1.165, 1.54) is 12.3 Å². The lowest BCUT2D eigenvalue weighted by molar-refractivity contribution is -0.383. The Bertz CT molecular complexity index is 923. The topological polar surface area (TPSA) is 86.5 Å². The van der Waals surface area contributed by atoms with E-state index in [1.807, 2.05) is 24.3 Å². The molecule has 2 aromatic carbocycles. The quantitative estimate of drug-likeness (QED) is 0.565. The van der Waals surface area contributed by atoms with Crippen LogP contribution in [0.15, 0.2) is 54.9 Å². The van der Waals surface area contributed by atoms with Crippen LogP contribution >= 0.6 is 0 Å².